The molecule has 0 N–H and O–H groups in total. The van der Waals surface area contributed by atoms with Crippen LogP contribution in [0.1, 0.15) is 26.7 Å². The van der Waals surface area contributed by atoms with Crippen LogP contribution in [0, 0.1) is 6.92 Å². The Bertz CT molecular complexity index is 970. The first-order valence-corrected chi connectivity index (χ1v) is 9.29. The zero-order chi connectivity index (χ0) is 18.1. The van der Waals surface area contributed by atoms with Crippen LogP contribution in [0.2, 0.25) is 0 Å². The fourth-order valence-electron chi connectivity index (χ4n) is 3.12. The number of imide groups is 1. The van der Waals surface area contributed by atoms with Crippen molar-refractivity contribution >= 4 is 29.3 Å². The van der Waals surface area contributed by atoms with E-state index in [1.54, 1.807) is 24.3 Å². The summed E-state index contributed by atoms with van der Waals surface area (Å²) in [7, 11) is 0. The normalized spacial score (nSPS) is 15.8. The van der Waals surface area contributed by atoms with E-state index in [9.17, 15) is 9.59 Å². The number of thioether (sulfide) groups is 1. The minimum atomic E-state index is -0.417. The van der Waals surface area contributed by atoms with E-state index in [1.807, 2.05) is 61.5 Å². The smallest absolute Gasteiger partial charge is 0.265 e. The molecule has 4 heteroatoms. The molecule has 3 aromatic rings. The van der Waals surface area contributed by atoms with E-state index in [-0.39, 0.29) is 11.8 Å². The summed E-state index contributed by atoms with van der Waals surface area (Å²) in [6, 6.07) is 24.6. The minimum Gasteiger partial charge on any atom is -0.272 e. The van der Waals surface area contributed by atoms with Gasteiger partial charge in [-0.2, -0.15) is 0 Å². The number of rotatable bonds is 3. The van der Waals surface area contributed by atoms with Gasteiger partial charge in [0.1, 0.15) is 5.25 Å². The molecule has 0 fully saturated rings. The van der Waals surface area contributed by atoms with Crippen molar-refractivity contribution < 1.29 is 9.59 Å². The maximum absolute atomic E-state index is 13.2. The van der Waals surface area contributed by atoms with Crippen molar-refractivity contribution in [1.29, 1.82) is 0 Å². The number of anilines is 1. The van der Waals surface area contributed by atoms with Gasteiger partial charge in [-0.1, -0.05) is 54.1 Å². The summed E-state index contributed by atoms with van der Waals surface area (Å²) in [5.41, 5.74) is 3.16. The standard InChI is InChI=1S/C22H17NO2S/c1-15-12-13-19-18(14-15)20(26-17-10-6-3-7-11-17)22(25)23(19)21(24)16-8-4-2-5-9-16/h2-14,20H,1H3. The van der Waals surface area contributed by atoms with Gasteiger partial charge in [-0.15, -0.1) is 11.8 Å². The molecule has 128 valence electrons. The molecular formula is C22H17NO2S. The predicted molar refractivity (Wildman–Crippen MR) is 104 cm³/mol. The second-order valence-corrected chi connectivity index (χ2v) is 7.40. The van der Waals surface area contributed by atoms with Gasteiger partial charge in [0.2, 0.25) is 0 Å². The lowest BCUT2D eigenvalue weighted by molar-refractivity contribution is -0.117. The highest BCUT2D eigenvalue weighted by Crippen LogP contribution is 2.47. The molecule has 3 aromatic carbocycles. The van der Waals surface area contributed by atoms with E-state index in [0.29, 0.717) is 11.3 Å². The highest BCUT2D eigenvalue weighted by molar-refractivity contribution is 8.00. The zero-order valence-corrected chi connectivity index (χ0v) is 15.1. The topological polar surface area (TPSA) is 37.4 Å². The highest BCUT2D eigenvalue weighted by Gasteiger charge is 2.41. The fraction of sp³-hybridized carbons (Fsp3) is 0.0909. The number of hydrogen-bond donors (Lipinski definition) is 0. The zero-order valence-electron chi connectivity index (χ0n) is 14.3. The Hall–Kier alpha value is -2.85. The summed E-state index contributed by atoms with van der Waals surface area (Å²) >= 11 is 1.48. The Labute approximate surface area is 156 Å². The second kappa shape index (κ2) is 6.81. The lowest BCUT2D eigenvalue weighted by Gasteiger charge is -2.16. The van der Waals surface area contributed by atoms with Crippen molar-refractivity contribution in [2.75, 3.05) is 4.90 Å². The van der Waals surface area contributed by atoms with E-state index < -0.39 is 5.25 Å². The molecule has 0 aliphatic carbocycles. The van der Waals surface area contributed by atoms with E-state index in [0.717, 1.165) is 16.0 Å². The number of carbonyl (C=O) groups is 2. The van der Waals surface area contributed by atoms with E-state index in [2.05, 4.69) is 0 Å². The predicted octanol–water partition coefficient (Wildman–Crippen LogP) is 5.02. The third kappa shape index (κ3) is 2.93. The molecular weight excluding hydrogens is 342 g/mol. The fourth-order valence-corrected chi connectivity index (χ4v) is 4.23. The lowest BCUT2D eigenvalue weighted by Crippen LogP contribution is -2.34. The molecule has 4 rings (SSSR count). The van der Waals surface area contributed by atoms with Crippen LogP contribution in [-0.2, 0) is 4.79 Å². The first kappa shape index (κ1) is 16.6. The number of hydrogen-bond acceptors (Lipinski definition) is 3. The largest absolute Gasteiger partial charge is 0.272 e. The van der Waals surface area contributed by atoms with Crippen LogP contribution in [-0.4, -0.2) is 11.8 Å². The lowest BCUT2D eigenvalue weighted by atomic mass is 10.1. The van der Waals surface area contributed by atoms with Crippen molar-refractivity contribution in [2.24, 2.45) is 0 Å². The van der Waals surface area contributed by atoms with E-state index >= 15 is 0 Å². The average Bonchev–Trinajstić information content (AvgIpc) is 2.94. The minimum absolute atomic E-state index is 0.187. The van der Waals surface area contributed by atoms with Gasteiger partial charge in [0.05, 0.1) is 5.69 Å². The van der Waals surface area contributed by atoms with Gasteiger partial charge in [-0.25, -0.2) is 4.90 Å². The summed E-state index contributed by atoms with van der Waals surface area (Å²) in [6.07, 6.45) is 0. The molecule has 0 aromatic heterocycles. The number of amides is 2. The quantitative estimate of drug-likeness (QED) is 0.617. The van der Waals surface area contributed by atoms with Gasteiger partial charge in [0, 0.05) is 10.5 Å². The molecule has 0 spiro atoms. The van der Waals surface area contributed by atoms with Gasteiger partial charge in [-0.05, 0) is 42.8 Å². The number of benzene rings is 3. The molecule has 0 saturated heterocycles. The summed E-state index contributed by atoms with van der Waals surface area (Å²) in [6.45, 7) is 2.00. The van der Waals surface area contributed by atoms with Gasteiger partial charge in [0.15, 0.2) is 0 Å². The van der Waals surface area contributed by atoms with Crippen molar-refractivity contribution in [3.63, 3.8) is 0 Å². The molecule has 1 aliphatic heterocycles. The van der Waals surface area contributed by atoms with Crippen molar-refractivity contribution in [3.8, 4) is 0 Å². The number of fused-ring (bicyclic) bond motifs is 1. The SMILES string of the molecule is Cc1ccc2c(c1)C(Sc1ccccc1)C(=O)N2C(=O)c1ccccc1. The summed E-state index contributed by atoms with van der Waals surface area (Å²) in [5.74, 6) is -0.467. The van der Waals surface area contributed by atoms with Crippen molar-refractivity contribution in [1.82, 2.24) is 0 Å². The first-order valence-electron chi connectivity index (χ1n) is 8.41. The van der Waals surface area contributed by atoms with Crippen LogP contribution in [0.5, 0.6) is 0 Å². The maximum Gasteiger partial charge on any atom is 0.265 e. The molecule has 0 bridgehead atoms. The molecule has 0 saturated carbocycles. The molecule has 26 heavy (non-hydrogen) atoms. The van der Waals surface area contributed by atoms with Crippen LogP contribution in [0.3, 0.4) is 0 Å². The van der Waals surface area contributed by atoms with Gasteiger partial charge in [-0.3, -0.25) is 9.59 Å². The van der Waals surface area contributed by atoms with Crippen molar-refractivity contribution in [3.05, 3.63) is 95.6 Å². The Morgan fingerprint density at radius 1 is 0.923 bits per heavy atom. The van der Waals surface area contributed by atoms with Crippen molar-refractivity contribution in [2.45, 2.75) is 17.1 Å². The average molecular weight is 359 g/mol. The van der Waals surface area contributed by atoms with Crippen LogP contribution < -0.4 is 4.90 Å². The number of nitrogens with zero attached hydrogens (tertiary/aromatic N) is 1. The molecule has 0 radical (unpaired) electrons. The Kier molecular flexibility index (Phi) is 4.35. The van der Waals surface area contributed by atoms with Crippen LogP contribution in [0.15, 0.2) is 83.8 Å². The molecule has 1 heterocycles. The molecule has 1 atom stereocenters. The number of carbonyl (C=O) groups excluding carboxylic acids is 2. The summed E-state index contributed by atoms with van der Waals surface area (Å²) in [5, 5.41) is -0.417. The van der Waals surface area contributed by atoms with E-state index in [4.69, 9.17) is 0 Å². The Morgan fingerprint density at radius 2 is 1.58 bits per heavy atom. The van der Waals surface area contributed by atoms with Crippen LogP contribution in [0.25, 0.3) is 0 Å². The van der Waals surface area contributed by atoms with Gasteiger partial charge in [0.25, 0.3) is 11.8 Å². The Balaban J connectivity index is 1.76. The molecule has 1 unspecified atom stereocenters. The number of aryl methyl sites for hydroxylation is 1. The monoisotopic (exact) mass is 359 g/mol. The Morgan fingerprint density at radius 3 is 2.27 bits per heavy atom. The maximum atomic E-state index is 13.2. The van der Waals surface area contributed by atoms with Crippen LogP contribution >= 0.6 is 11.8 Å². The van der Waals surface area contributed by atoms with Crippen LogP contribution in [0.4, 0.5) is 5.69 Å². The second-order valence-electron chi connectivity index (χ2n) is 6.22. The van der Waals surface area contributed by atoms with Gasteiger partial charge >= 0.3 is 0 Å². The van der Waals surface area contributed by atoms with Gasteiger partial charge < -0.3 is 0 Å². The van der Waals surface area contributed by atoms with E-state index in [1.165, 1.54) is 16.7 Å². The third-order valence-corrected chi connectivity index (χ3v) is 5.61. The first-order chi connectivity index (χ1) is 12.6. The summed E-state index contributed by atoms with van der Waals surface area (Å²) in [4.78, 5) is 28.5. The third-order valence-electron chi connectivity index (χ3n) is 4.37. The summed E-state index contributed by atoms with van der Waals surface area (Å²) < 4.78 is 0. The molecule has 2 amide bonds. The highest BCUT2D eigenvalue weighted by atomic mass is 32.2. The molecule has 3 nitrogen and oxygen atoms in total. The molecule has 1 aliphatic rings.